The molecule has 0 unspecified atom stereocenters. The molecule has 3 aromatic rings. The molecule has 0 aliphatic rings. The van der Waals surface area contributed by atoms with Crippen molar-refractivity contribution in [2.24, 2.45) is 0 Å². The van der Waals surface area contributed by atoms with Crippen LogP contribution in [0.4, 0.5) is 10.1 Å². The average Bonchev–Trinajstić information content (AvgIpc) is 2.82. The standard InChI is InChI=1S/C24H24ClFN2O3S2/c25-20-13-11-19(12-14-20)18-32-16-6-15-27-24(29)17-28(23-10-5-4-9-22(23)26)33(30,31)21-7-2-1-3-8-21/h1-5,7-14H,6,15-18H2,(H,27,29). The number of amides is 1. The fourth-order valence-corrected chi connectivity index (χ4v) is 5.53. The minimum absolute atomic E-state index is 0.0142. The number of carbonyl (C=O) groups is 1. The zero-order valence-corrected chi connectivity index (χ0v) is 20.2. The molecule has 0 radical (unpaired) electrons. The quantitative estimate of drug-likeness (QED) is 0.367. The lowest BCUT2D eigenvalue weighted by Crippen LogP contribution is -2.41. The normalized spacial score (nSPS) is 11.2. The number of benzene rings is 3. The molecule has 33 heavy (non-hydrogen) atoms. The second-order valence-corrected chi connectivity index (χ2v) is 10.6. The van der Waals surface area contributed by atoms with Gasteiger partial charge < -0.3 is 5.32 Å². The van der Waals surface area contributed by atoms with Gasteiger partial charge in [0.05, 0.1) is 10.6 Å². The van der Waals surface area contributed by atoms with Crippen LogP contribution >= 0.6 is 23.4 Å². The van der Waals surface area contributed by atoms with Crippen LogP contribution in [-0.4, -0.2) is 33.2 Å². The lowest BCUT2D eigenvalue weighted by molar-refractivity contribution is -0.119. The van der Waals surface area contributed by atoms with Crippen molar-refractivity contribution in [2.45, 2.75) is 17.1 Å². The molecule has 0 saturated heterocycles. The Hall–Kier alpha value is -2.55. The number of para-hydroxylation sites is 1. The molecule has 0 aliphatic heterocycles. The van der Waals surface area contributed by atoms with E-state index in [-0.39, 0.29) is 10.6 Å². The van der Waals surface area contributed by atoms with E-state index in [2.05, 4.69) is 5.32 Å². The highest BCUT2D eigenvalue weighted by Gasteiger charge is 2.28. The van der Waals surface area contributed by atoms with Gasteiger partial charge in [0, 0.05) is 17.3 Å². The Kier molecular flexibility index (Phi) is 9.17. The van der Waals surface area contributed by atoms with Gasteiger partial charge in [-0.25, -0.2) is 12.8 Å². The number of sulfonamides is 1. The molecule has 0 bridgehead atoms. The first-order chi connectivity index (χ1) is 15.9. The van der Waals surface area contributed by atoms with Crippen molar-refractivity contribution in [3.8, 4) is 0 Å². The summed E-state index contributed by atoms with van der Waals surface area (Å²) in [5.74, 6) is 0.438. The topological polar surface area (TPSA) is 66.5 Å². The van der Waals surface area contributed by atoms with Crippen LogP contribution in [0.3, 0.4) is 0 Å². The predicted molar refractivity (Wildman–Crippen MR) is 133 cm³/mol. The van der Waals surface area contributed by atoms with E-state index in [1.807, 2.05) is 24.3 Å². The molecule has 0 saturated carbocycles. The average molecular weight is 507 g/mol. The summed E-state index contributed by atoms with van der Waals surface area (Å²) < 4.78 is 41.6. The molecule has 0 aromatic heterocycles. The maximum atomic E-state index is 14.4. The van der Waals surface area contributed by atoms with Crippen LogP contribution in [0.25, 0.3) is 0 Å². The summed E-state index contributed by atoms with van der Waals surface area (Å²) in [5, 5.41) is 3.43. The maximum Gasteiger partial charge on any atom is 0.264 e. The first-order valence-corrected chi connectivity index (χ1v) is 13.3. The third-order valence-corrected chi connectivity index (χ3v) is 7.85. The largest absolute Gasteiger partial charge is 0.354 e. The van der Waals surface area contributed by atoms with Crippen LogP contribution in [0.5, 0.6) is 0 Å². The summed E-state index contributed by atoms with van der Waals surface area (Å²) in [7, 11) is -4.13. The molecule has 0 spiro atoms. The maximum absolute atomic E-state index is 14.4. The van der Waals surface area contributed by atoms with Gasteiger partial charge in [0.25, 0.3) is 10.0 Å². The summed E-state index contributed by atoms with van der Waals surface area (Å²) in [6.07, 6.45) is 0.717. The number of anilines is 1. The fraction of sp³-hybridized carbons (Fsp3) is 0.208. The molecule has 3 aromatic carbocycles. The monoisotopic (exact) mass is 506 g/mol. The fourth-order valence-electron chi connectivity index (χ4n) is 3.03. The highest BCUT2D eigenvalue weighted by molar-refractivity contribution is 7.98. The van der Waals surface area contributed by atoms with Crippen molar-refractivity contribution in [3.05, 3.63) is 95.3 Å². The van der Waals surface area contributed by atoms with E-state index in [1.54, 1.807) is 30.0 Å². The third kappa shape index (κ3) is 7.22. The highest BCUT2D eigenvalue weighted by atomic mass is 35.5. The van der Waals surface area contributed by atoms with E-state index in [9.17, 15) is 17.6 Å². The zero-order valence-electron chi connectivity index (χ0n) is 17.8. The Bertz CT molecular complexity index is 1160. The number of carbonyl (C=O) groups excluding carboxylic acids is 1. The SMILES string of the molecule is O=C(CN(c1ccccc1F)S(=O)(=O)c1ccccc1)NCCCSCc1ccc(Cl)cc1. The van der Waals surface area contributed by atoms with Gasteiger partial charge in [-0.1, -0.05) is 54.1 Å². The van der Waals surface area contributed by atoms with E-state index in [4.69, 9.17) is 11.6 Å². The highest BCUT2D eigenvalue weighted by Crippen LogP contribution is 2.26. The van der Waals surface area contributed by atoms with Gasteiger partial charge >= 0.3 is 0 Å². The van der Waals surface area contributed by atoms with Crippen LogP contribution in [0.15, 0.2) is 83.8 Å². The first-order valence-electron chi connectivity index (χ1n) is 10.3. The number of nitrogens with one attached hydrogen (secondary N) is 1. The van der Waals surface area contributed by atoms with Crippen molar-refractivity contribution in [3.63, 3.8) is 0 Å². The van der Waals surface area contributed by atoms with E-state index in [0.29, 0.717) is 11.6 Å². The van der Waals surface area contributed by atoms with Gasteiger partial charge in [-0.3, -0.25) is 9.10 Å². The number of nitrogens with zero attached hydrogens (tertiary/aromatic N) is 1. The molecule has 1 amide bonds. The van der Waals surface area contributed by atoms with E-state index < -0.39 is 28.3 Å². The molecule has 0 fully saturated rings. The minimum atomic E-state index is -4.13. The van der Waals surface area contributed by atoms with Crippen molar-refractivity contribution in [2.75, 3.05) is 23.1 Å². The Morgan fingerprint density at radius 1 is 0.970 bits per heavy atom. The van der Waals surface area contributed by atoms with Gasteiger partial charge in [-0.15, -0.1) is 0 Å². The Morgan fingerprint density at radius 2 is 1.64 bits per heavy atom. The van der Waals surface area contributed by atoms with Crippen LogP contribution in [0.2, 0.25) is 5.02 Å². The van der Waals surface area contributed by atoms with Gasteiger partial charge in [-0.05, 0) is 54.1 Å². The molecular formula is C24H24ClFN2O3S2. The molecular weight excluding hydrogens is 483 g/mol. The first kappa shape index (κ1) is 25.1. The number of halogens is 2. The van der Waals surface area contributed by atoms with Crippen molar-refractivity contribution < 1.29 is 17.6 Å². The molecule has 1 N–H and O–H groups in total. The summed E-state index contributed by atoms with van der Waals surface area (Å²) in [5.41, 5.74) is 0.995. The van der Waals surface area contributed by atoms with Crippen molar-refractivity contribution >= 4 is 45.0 Å². The Morgan fingerprint density at radius 3 is 2.33 bits per heavy atom. The van der Waals surface area contributed by atoms with Crippen LogP contribution < -0.4 is 9.62 Å². The molecule has 0 heterocycles. The van der Waals surface area contributed by atoms with Crippen molar-refractivity contribution in [1.29, 1.82) is 0 Å². The smallest absolute Gasteiger partial charge is 0.264 e. The predicted octanol–water partition coefficient (Wildman–Crippen LogP) is 5.11. The van der Waals surface area contributed by atoms with Gasteiger partial charge in [0.1, 0.15) is 12.4 Å². The second kappa shape index (κ2) is 12.1. The number of hydrogen-bond acceptors (Lipinski definition) is 4. The van der Waals surface area contributed by atoms with E-state index in [0.717, 1.165) is 22.2 Å². The van der Waals surface area contributed by atoms with Crippen LogP contribution in [0.1, 0.15) is 12.0 Å². The van der Waals surface area contributed by atoms with Gasteiger partial charge in [-0.2, -0.15) is 11.8 Å². The molecule has 5 nitrogen and oxygen atoms in total. The second-order valence-electron chi connectivity index (χ2n) is 7.16. The number of rotatable bonds is 11. The molecule has 0 aliphatic carbocycles. The summed E-state index contributed by atoms with van der Waals surface area (Å²) in [4.78, 5) is 12.5. The number of thioether (sulfide) groups is 1. The Labute approximate surface area is 203 Å². The lowest BCUT2D eigenvalue weighted by Gasteiger charge is -2.24. The van der Waals surface area contributed by atoms with E-state index in [1.165, 1.54) is 42.0 Å². The molecule has 0 atom stereocenters. The number of hydrogen-bond donors (Lipinski definition) is 1. The summed E-state index contributed by atoms with van der Waals surface area (Å²) >= 11 is 7.61. The van der Waals surface area contributed by atoms with Gasteiger partial charge in [0.2, 0.25) is 5.91 Å². The van der Waals surface area contributed by atoms with Crippen LogP contribution in [-0.2, 0) is 20.6 Å². The molecule has 9 heteroatoms. The minimum Gasteiger partial charge on any atom is -0.354 e. The third-order valence-electron chi connectivity index (χ3n) is 4.71. The van der Waals surface area contributed by atoms with Crippen molar-refractivity contribution in [1.82, 2.24) is 5.32 Å². The summed E-state index contributed by atoms with van der Waals surface area (Å²) in [6, 6.07) is 20.8. The zero-order chi connectivity index (χ0) is 23.7. The molecule has 3 rings (SSSR count). The lowest BCUT2D eigenvalue weighted by atomic mass is 10.2. The van der Waals surface area contributed by atoms with Crippen LogP contribution in [0, 0.1) is 5.82 Å². The Balaban J connectivity index is 1.57. The van der Waals surface area contributed by atoms with Gasteiger partial charge in [0.15, 0.2) is 0 Å². The van der Waals surface area contributed by atoms with E-state index >= 15 is 0 Å². The molecule has 174 valence electrons. The summed E-state index contributed by atoms with van der Waals surface area (Å²) in [6.45, 7) is -0.126.